The number of aliphatic hydroxyl groups excluding tert-OH is 2. The fourth-order valence-electron chi connectivity index (χ4n) is 2.50. The number of aliphatic hydroxyl groups is 2. The summed E-state index contributed by atoms with van der Waals surface area (Å²) in [5, 5.41) is 23.9. The van der Waals surface area contributed by atoms with Crippen molar-refractivity contribution in [1.29, 1.82) is 0 Å². The number of hydrogen-bond donors (Lipinski definition) is 2. The Hall–Kier alpha value is -1.55. The summed E-state index contributed by atoms with van der Waals surface area (Å²) in [5.41, 5.74) is 12.4. The third-order valence-corrected chi connectivity index (χ3v) is 3.51. The van der Waals surface area contributed by atoms with E-state index in [1.54, 1.807) is 0 Å². The van der Waals surface area contributed by atoms with Crippen molar-refractivity contribution in [3.63, 3.8) is 0 Å². The van der Waals surface area contributed by atoms with Crippen LogP contribution in [0.3, 0.4) is 0 Å². The molecule has 0 amide bonds. The maximum Gasteiger partial charge on any atom is 0.105 e. The lowest BCUT2D eigenvalue weighted by Crippen LogP contribution is -2.22. The highest BCUT2D eigenvalue weighted by molar-refractivity contribution is 5.41. The van der Waals surface area contributed by atoms with Gasteiger partial charge in [-0.2, -0.15) is 0 Å². The molecule has 0 radical (unpaired) electrons. The number of nitrogens with zero attached hydrogens (tertiary/aromatic N) is 3. The third kappa shape index (κ3) is 3.97. The van der Waals surface area contributed by atoms with Gasteiger partial charge in [0.2, 0.25) is 0 Å². The van der Waals surface area contributed by atoms with E-state index in [9.17, 15) is 10.2 Å². The zero-order chi connectivity index (χ0) is 15.1. The summed E-state index contributed by atoms with van der Waals surface area (Å²) >= 11 is 0. The standard InChI is InChI=1S/C15H23N3O2/c1-4-11-8-10(3)9-12(5-2)14(11)15(20)13(19)6-7-17-18-16/h8-9,13,15,19-20H,4-7H2,1-3H3. The Morgan fingerprint density at radius 2 is 1.75 bits per heavy atom. The third-order valence-electron chi connectivity index (χ3n) is 3.51. The molecule has 0 heterocycles. The lowest BCUT2D eigenvalue weighted by atomic mass is 9.88. The molecule has 1 aromatic carbocycles. The van der Waals surface area contributed by atoms with E-state index >= 15 is 0 Å². The molecule has 0 aliphatic carbocycles. The molecule has 0 aromatic heterocycles. The van der Waals surface area contributed by atoms with Gasteiger partial charge >= 0.3 is 0 Å². The highest BCUT2D eigenvalue weighted by Gasteiger charge is 2.23. The summed E-state index contributed by atoms with van der Waals surface area (Å²) in [5.74, 6) is 0. The van der Waals surface area contributed by atoms with E-state index in [4.69, 9.17) is 5.53 Å². The van der Waals surface area contributed by atoms with Crippen molar-refractivity contribution in [3.05, 3.63) is 44.8 Å². The summed E-state index contributed by atoms with van der Waals surface area (Å²) in [6, 6.07) is 4.11. The lowest BCUT2D eigenvalue weighted by molar-refractivity contribution is 0.0140. The van der Waals surface area contributed by atoms with Crippen molar-refractivity contribution in [2.75, 3.05) is 6.54 Å². The predicted molar refractivity (Wildman–Crippen MR) is 79.5 cm³/mol. The second-order valence-electron chi connectivity index (χ2n) is 4.96. The van der Waals surface area contributed by atoms with Crippen LogP contribution in [-0.2, 0) is 12.8 Å². The van der Waals surface area contributed by atoms with Crippen LogP contribution in [0.15, 0.2) is 17.2 Å². The van der Waals surface area contributed by atoms with Gasteiger partial charge in [0.1, 0.15) is 6.10 Å². The van der Waals surface area contributed by atoms with Crippen LogP contribution >= 0.6 is 0 Å². The maximum atomic E-state index is 10.4. The van der Waals surface area contributed by atoms with Gasteiger partial charge < -0.3 is 10.2 Å². The normalized spacial score (nSPS) is 13.7. The van der Waals surface area contributed by atoms with E-state index in [0.29, 0.717) is 0 Å². The van der Waals surface area contributed by atoms with Crippen LogP contribution in [0.25, 0.3) is 10.4 Å². The largest absolute Gasteiger partial charge is 0.390 e. The summed E-state index contributed by atoms with van der Waals surface area (Å²) in [6.07, 6.45) is 0.0212. The predicted octanol–water partition coefficient (Wildman–Crippen LogP) is 3.21. The monoisotopic (exact) mass is 277 g/mol. The van der Waals surface area contributed by atoms with Gasteiger partial charge in [-0.3, -0.25) is 0 Å². The van der Waals surface area contributed by atoms with Gasteiger partial charge in [0, 0.05) is 11.5 Å². The van der Waals surface area contributed by atoms with Crippen molar-refractivity contribution in [1.82, 2.24) is 0 Å². The van der Waals surface area contributed by atoms with Crippen LogP contribution in [0, 0.1) is 6.92 Å². The summed E-state index contributed by atoms with van der Waals surface area (Å²) in [6.45, 7) is 6.30. The van der Waals surface area contributed by atoms with Crippen LogP contribution < -0.4 is 0 Å². The summed E-state index contributed by atoms with van der Waals surface area (Å²) in [7, 11) is 0. The van der Waals surface area contributed by atoms with E-state index in [1.165, 1.54) is 5.56 Å². The number of hydrogen-bond acceptors (Lipinski definition) is 3. The SMILES string of the molecule is CCc1cc(C)cc(CC)c1C(O)C(O)CCN=[N+]=[N-]. The van der Waals surface area contributed by atoms with Gasteiger partial charge in [0.05, 0.1) is 6.10 Å². The molecule has 0 saturated carbocycles. The van der Waals surface area contributed by atoms with Crippen molar-refractivity contribution in [2.24, 2.45) is 5.11 Å². The van der Waals surface area contributed by atoms with Crippen molar-refractivity contribution < 1.29 is 10.2 Å². The van der Waals surface area contributed by atoms with Gasteiger partial charge in [-0.05, 0) is 48.4 Å². The zero-order valence-electron chi connectivity index (χ0n) is 12.4. The molecule has 0 spiro atoms. The van der Waals surface area contributed by atoms with Gasteiger partial charge in [-0.25, -0.2) is 0 Å². The minimum Gasteiger partial charge on any atom is -0.390 e. The quantitative estimate of drug-likeness (QED) is 0.455. The Morgan fingerprint density at radius 1 is 1.20 bits per heavy atom. The number of aryl methyl sites for hydroxylation is 3. The van der Waals surface area contributed by atoms with Crippen LogP contribution in [0.5, 0.6) is 0 Å². The Morgan fingerprint density at radius 3 is 2.20 bits per heavy atom. The van der Waals surface area contributed by atoms with Gasteiger partial charge in [-0.15, -0.1) is 0 Å². The fraction of sp³-hybridized carbons (Fsp3) is 0.600. The first kappa shape index (κ1) is 16.5. The van der Waals surface area contributed by atoms with Crippen LogP contribution in [0.4, 0.5) is 0 Å². The maximum absolute atomic E-state index is 10.4. The molecule has 5 nitrogen and oxygen atoms in total. The molecule has 0 saturated heterocycles. The Balaban J connectivity index is 3.06. The summed E-state index contributed by atoms with van der Waals surface area (Å²) < 4.78 is 0. The molecular formula is C15H23N3O2. The second kappa shape index (κ2) is 7.90. The molecule has 0 bridgehead atoms. The van der Waals surface area contributed by atoms with Crippen LogP contribution in [0.2, 0.25) is 0 Å². The van der Waals surface area contributed by atoms with Crippen LogP contribution in [-0.4, -0.2) is 22.9 Å². The first-order chi connectivity index (χ1) is 9.54. The van der Waals surface area contributed by atoms with Gasteiger partial charge in [0.25, 0.3) is 0 Å². The second-order valence-corrected chi connectivity index (χ2v) is 4.96. The Kier molecular flexibility index (Phi) is 6.52. The highest BCUT2D eigenvalue weighted by Crippen LogP contribution is 2.29. The topological polar surface area (TPSA) is 89.2 Å². The van der Waals surface area contributed by atoms with E-state index in [1.807, 2.05) is 20.8 Å². The molecule has 0 aliphatic heterocycles. The Labute approximate surface area is 119 Å². The van der Waals surface area contributed by atoms with Crippen molar-refractivity contribution >= 4 is 0 Å². The molecule has 5 heteroatoms. The number of azide groups is 1. The zero-order valence-corrected chi connectivity index (χ0v) is 12.4. The number of benzene rings is 1. The molecule has 2 unspecified atom stereocenters. The average Bonchev–Trinajstić information content (AvgIpc) is 2.45. The Bertz CT molecular complexity index is 471. The molecule has 0 aliphatic rings. The van der Waals surface area contributed by atoms with E-state index in [0.717, 1.165) is 29.5 Å². The molecule has 1 aromatic rings. The van der Waals surface area contributed by atoms with E-state index in [-0.39, 0.29) is 13.0 Å². The minimum absolute atomic E-state index is 0.184. The minimum atomic E-state index is -0.936. The molecule has 20 heavy (non-hydrogen) atoms. The van der Waals surface area contributed by atoms with E-state index < -0.39 is 12.2 Å². The summed E-state index contributed by atoms with van der Waals surface area (Å²) in [4.78, 5) is 2.65. The first-order valence-corrected chi connectivity index (χ1v) is 7.04. The fourth-order valence-corrected chi connectivity index (χ4v) is 2.50. The molecular weight excluding hydrogens is 254 g/mol. The molecule has 2 atom stereocenters. The van der Waals surface area contributed by atoms with Crippen LogP contribution in [0.1, 0.15) is 48.6 Å². The molecule has 0 fully saturated rings. The molecule has 110 valence electrons. The smallest absolute Gasteiger partial charge is 0.105 e. The lowest BCUT2D eigenvalue weighted by Gasteiger charge is -2.23. The van der Waals surface area contributed by atoms with Gasteiger partial charge in [0.15, 0.2) is 0 Å². The van der Waals surface area contributed by atoms with Crippen molar-refractivity contribution in [2.45, 2.75) is 52.2 Å². The number of rotatable bonds is 7. The first-order valence-electron chi connectivity index (χ1n) is 7.04. The van der Waals surface area contributed by atoms with E-state index in [2.05, 4.69) is 22.2 Å². The van der Waals surface area contributed by atoms with Gasteiger partial charge in [-0.1, -0.05) is 36.7 Å². The average molecular weight is 277 g/mol. The highest BCUT2D eigenvalue weighted by atomic mass is 16.3. The molecule has 2 N–H and O–H groups in total. The molecule has 1 rings (SSSR count). The van der Waals surface area contributed by atoms with Crippen molar-refractivity contribution in [3.8, 4) is 0 Å².